The van der Waals surface area contributed by atoms with E-state index in [9.17, 15) is 4.79 Å². The molecule has 1 heterocycles. The molecular weight excluding hydrogens is 202 g/mol. The van der Waals surface area contributed by atoms with Gasteiger partial charge in [-0.2, -0.15) is 0 Å². The molecule has 2 unspecified atom stereocenters. The van der Waals surface area contributed by atoms with Crippen LogP contribution in [0.5, 0.6) is 0 Å². The molecule has 1 amide bonds. The maximum Gasteiger partial charge on any atom is 0.237 e. The van der Waals surface area contributed by atoms with Crippen molar-refractivity contribution in [3.8, 4) is 0 Å². The number of hydrogen-bond donors (Lipinski definition) is 2. The van der Waals surface area contributed by atoms with E-state index in [1.54, 1.807) is 7.05 Å². The quantitative estimate of drug-likeness (QED) is 0.727. The van der Waals surface area contributed by atoms with Gasteiger partial charge in [-0.1, -0.05) is 13.3 Å². The van der Waals surface area contributed by atoms with Crippen LogP contribution in [0, 0.1) is 0 Å². The van der Waals surface area contributed by atoms with Gasteiger partial charge in [0.15, 0.2) is 0 Å². The third kappa shape index (κ3) is 3.19. The molecule has 1 aliphatic heterocycles. The van der Waals surface area contributed by atoms with Gasteiger partial charge in [-0.3, -0.25) is 9.69 Å². The van der Waals surface area contributed by atoms with Gasteiger partial charge < -0.3 is 11.1 Å². The molecule has 94 valence electrons. The van der Waals surface area contributed by atoms with Crippen molar-refractivity contribution in [2.45, 2.75) is 51.1 Å². The van der Waals surface area contributed by atoms with Crippen molar-refractivity contribution in [3.05, 3.63) is 0 Å². The second kappa shape index (κ2) is 6.86. The summed E-state index contributed by atoms with van der Waals surface area (Å²) in [5.41, 5.74) is 5.64. The average molecular weight is 227 g/mol. The Balaban J connectivity index is 2.67. The van der Waals surface area contributed by atoms with Crippen molar-refractivity contribution in [2.24, 2.45) is 5.73 Å². The first-order chi connectivity index (χ1) is 7.74. The highest BCUT2D eigenvalue weighted by Crippen LogP contribution is 2.22. The normalized spacial score (nSPS) is 24.1. The highest BCUT2D eigenvalue weighted by Gasteiger charge is 2.31. The minimum absolute atomic E-state index is 0.0650. The molecule has 1 saturated heterocycles. The Morgan fingerprint density at radius 3 is 2.88 bits per heavy atom. The lowest BCUT2D eigenvalue weighted by molar-refractivity contribution is -0.128. The van der Waals surface area contributed by atoms with Crippen LogP contribution < -0.4 is 11.1 Å². The number of likely N-dealkylation sites (tertiary alicyclic amines) is 1. The zero-order chi connectivity index (χ0) is 12.0. The fourth-order valence-corrected chi connectivity index (χ4v) is 2.64. The van der Waals surface area contributed by atoms with Crippen LogP contribution in [0.4, 0.5) is 0 Å². The summed E-state index contributed by atoms with van der Waals surface area (Å²) in [6.07, 6.45) is 5.41. The maximum atomic E-state index is 11.8. The van der Waals surface area contributed by atoms with E-state index in [1.807, 2.05) is 0 Å². The monoisotopic (exact) mass is 227 g/mol. The Labute approximate surface area is 98.6 Å². The summed E-state index contributed by atoms with van der Waals surface area (Å²) >= 11 is 0. The van der Waals surface area contributed by atoms with Crippen LogP contribution in [0.25, 0.3) is 0 Å². The van der Waals surface area contributed by atoms with E-state index in [4.69, 9.17) is 5.73 Å². The van der Waals surface area contributed by atoms with Gasteiger partial charge in [-0.25, -0.2) is 0 Å². The van der Waals surface area contributed by atoms with Gasteiger partial charge in [0.25, 0.3) is 0 Å². The van der Waals surface area contributed by atoms with E-state index in [0.717, 1.165) is 32.2 Å². The van der Waals surface area contributed by atoms with E-state index in [2.05, 4.69) is 17.1 Å². The number of nitrogens with zero attached hydrogens (tertiary/aromatic N) is 1. The fourth-order valence-electron chi connectivity index (χ4n) is 2.64. The van der Waals surface area contributed by atoms with Gasteiger partial charge in [0.2, 0.25) is 5.91 Å². The van der Waals surface area contributed by atoms with Crippen LogP contribution in [-0.4, -0.2) is 43.0 Å². The molecule has 0 aromatic rings. The second-order valence-electron chi connectivity index (χ2n) is 4.50. The summed E-state index contributed by atoms with van der Waals surface area (Å²) < 4.78 is 0. The summed E-state index contributed by atoms with van der Waals surface area (Å²) in [4.78, 5) is 14.2. The second-order valence-corrected chi connectivity index (χ2v) is 4.50. The van der Waals surface area contributed by atoms with Crippen LogP contribution in [0.3, 0.4) is 0 Å². The molecule has 4 nitrogen and oxygen atoms in total. The molecule has 4 heteroatoms. The molecule has 0 radical (unpaired) electrons. The third-order valence-corrected chi connectivity index (χ3v) is 3.53. The first kappa shape index (κ1) is 13.5. The summed E-state index contributed by atoms with van der Waals surface area (Å²) in [6.45, 7) is 3.92. The van der Waals surface area contributed by atoms with Crippen LogP contribution in [0.15, 0.2) is 0 Å². The zero-order valence-corrected chi connectivity index (χ0v) is 10.5. The molecule has 16 heavy (non-hydrogen) atoms. The number of rotatable bonds is 5. The molecule has 2 atom stereocenters. The molecule has 1 fully saturated rings. The number of carbonyl (C=O) groups is 1. The number of likely N-dealkylation sites (N-methyl/N-ethyl adjacent to an activating group) is 1. The highest BCUT2D eigenvalue weighted by atomic mass is 16.2. The minimum Gasteiger partial charge on any atom is -0.358 e. The SMILES string of the molecule is CCC(CCN)N1CCCCC1C(=O)NC. The van der Waals surface area contributed by atoms with Crippen molar-refractivity contribution in [3.63, 3.8) is 0 Å². The van der Waals surface area contributed by atoms with E-state index >= 15 is 0 Å². The Bertz CT molecular complexity index is 220. The predicted octanol–water partition coefficient (Wildman–Crippen LogP) is 0.714. The van der Waals surface area contributed by atoms with E-state index in [-0.39, 0.29) is 11.9 Å². The van der Waals surface area contributed by atoms with E-state index in [1.165, 1.54) is 6.42 Å². The lowest BCUT2D eigenvalue weighted by atomic mass is 9.97. The standard InChI is InChI=1S/C12H25N3O/c1-3-10(7-8-13)15-9-5-4-6-11(15)12(16)14-2/h10-11H,3-9,13H2,1-2H3,(H,14,16). The van der Waals surface area contributed by atoms with Crippen molar-refractivity contribution >= 4 is 5.91 Å². The molecule has 1 aliphatic rings. The van der Waals surface area contributed by atoms with Crippen LogP contribution >= 0.6 is 0 Å². The molecule has 0 aliphatic carbocycles. The van der Waals surface area contributed by atoms with Crippen molar-refractivity contribution in [2.75, 3.05) is 20.1 Å². The molecule has 0 saturated carbocycles. The lowest BCUT2D eigenvalue weighted by Crippen LogP contribution is -2.53. The Morgan fingerprint density at radius 1 is 1.56 bits per heavy atom. The molecular formula is C12H25N3O. The predicted molar refractivity (Wildman–Crippen MR) is 66.2 cm³/mol. The first-order valence-electron chi connectivity index (χ1n) is 6.42. The van der Waals surface area contributed by atoms with Crippen molar-refractivity contribution in [1.82, 2.24) is 10.2 Å². The van der Waals surface area contributed by atoms with Crippen LogP contribution in [-0.2, 0) is 4.79 Å². The highest BCUT2D eigenvalue weighted by molar-refractivity contribution is 5.81. The number of hydrogen-bond acceptors (Lipinski definition) is 3. The summed E-state index contributed by atoms with van der Waals surface area (Å²) in [5.74, 6) is 0.162. The molecule has 0 aromatic carbocycles. The minimum atomic E-state index is 0.0650. The lowest BCUT2D eigenvalue weighted by Gasteiger charge is -2.39. The molecule has 0 bridgehead atoms. The van der Waals surface area contributed by atoms with Crippen molar-refractivity contribution in [1.29, 1.82) is 0 Å². The Hall–Kier alpha value is -0.610. The topological polar surface area (TPSA) is 58.4 Å². The van der Waals surface area contributed by atoms with Gasteiger partial charge in [0.1, 0.15) is 0 Å². The van der Waals surface area contributed by atoms with Crippen LogP contribution in [0.2, 0.25) is 0 Å². The molecule has 1 rings (SSSR count). The summed E-state index contributed by atoms with van der Waals surface area (Å²) in [6, 6.07) is 0.530. The summed E-state index contributed by atoms with van der Waals surface area (Å²) in [7, 11) is 1.72. The van der Waals surface area contributed by atoms with Gasteiger partial charge in [0, 0.05) is 13.1 Å². The van der Waals surface area contributed by atoms with Crippen molar-refractivity contribution < 1.29 is 4.79 Å². The Kier molecular flexibility index (Phi) is 5.77. The zero-order valence-electron chi connectivity index (χ0n) is 10.5. The number of piperidine rings is 1. The summed E-state index contributed by atoms with van der Waals surface area (Å²) in [5, 5.41) is 2.77. The molecule has 3 N–H and O–H groups in total. The molecule has 0 spiro atoms. The Morgan fingerprint density at radius 2 is 2.31 bits per heavy atom. The number of amides is 1. The van der Waals surface area contributed by atoms with Gasteiger partial charge >= 0.3 is 0 Å². The van der Waals surface area contributed by atoms with E-state index in [0.29, 0.717) is 12.6 Å². The van der Waals surface area contributed by atoms with Gasteiger partial charge in [-0.15, -0.1) is 0 Å². The van der Waals surface area contributed by atoms with Crippen LogP contribution in [0.1, 0.15) is 39.0 Å². The van der Waals surface area contributed by atoms with E-state index < -0.39 is 0 Å². The maximum absolute atomic E-state index is 11.8. The fraction of sp³-hybridized carbons (Fsp3) is 0.917. The number of nitrogens with one attached hydrogen (secondary N) is 1. The smallest absolute Gasteiger partial charge is 0.237 e. The number of carbonyl (C=O) groups excluding carboxylic acids is 1. The first-order valence-corrected chi connectivity index (χ1v) is 6.42. The third-order valence-electron chi connectivity index (χ3n) is 3.53. The van der Waals surface area contributed by atoms with Gasteiger partial charge in [0.05, 0.1) is 6.04 Å². The number of nitrogens with two attached hydrogens (primary N) is 1. The molecule has 0 aromatic heterocycles. The van der Waals surface area contributed by atoms with Gasteiger partial charge in [-0.05, 0) is 38.8 Å². The average Bonchev–Trinajstić information content (AvgIpc) is 2.35. The largest absolute Gasteiger partial charge is 0.358 e.